The van der Waals surface area contributed by atoms with Gasteiger partial charge in [-0.25, -0.2) is 4.99 Å². The summed E-state index contributed by atoms with van der Waals surface area (Å²) < 4.78 is 16.0. The third-order valence-electron chi connectivity index (χ3n) is 4.23. The molecule has 1 heterocycles. The summed E-state index contributed by atoms with van der Waals surface area (Å²) >= 11 is 0. The van der Waals surface area contributed by atoms with Gasteiger partial charge in [-0.05, 0) is 49.2 Å². The lowest BCUT2D eigenvalue weighted by atomic mass is 10.1. The minimum absolute atomic E-state index is 0.213. The summed E-state index contributed by atoms with van der Waals surface area (Å²) in [5.41, 5.74) is 2.21. The number of nitrogens with one attached hydrogen (secondary N) is 1. The molecule has 0 aliphatic heterocycles. The van der Waals surface area contributed by atoms with Crippen LogP contribution in [0.15, 0.2) is 39.9 Å². The van der Waals surface area contributed by atoms with Crippen LogP contribution in [0.5, 0.6) is 11.5 Å². The number of hydrogen-bond acceptors (Lipinski definition) is 5. The van der Waals surface area contributed by atoms with Crippen LogP contribution in [0.25, 0.3) is 0 Å². The van der Waals surface area contributed by atoms with Gasteiger partial charge in [0.15, 0.2) is 17.5 Å². The summed E-state index contributed by atoms with van der Waals surface area (Å²) in [5.74, 6) is 2.62. The lowest BCUT2D eigenvalue weighted by Gasteiger charge is -2.24. The minimum Gasteiger partial charge on any atom is -0.493 e. The van der Waals surface area contributed by atoms with Crippen molar-refractivity contribution in [1.29, 1.82) is 0 Å². The monoisotopic (exact) mass is 375 g/mol. The Bertz CT molecular complexity index is 744. The number of aliphatic hydroxyl groups is 1. The number of nitrogens with zero attached hydrogens (tertiary/aromatic N) is 2. The Hall–Kier alpha value is -2.67. The topological polar surface area (TPSA) is 79.5 Å². The highest BCUT2D eigenvalue weighted by molar-refractivity contribution is 5.79. The number of guanidine groups is 1. The molecular formula is C20H29N3O4. The van der Waals surface area contributed by atoms with E-state index in [0.29, 0.717) is 29.8 Å². The zero-order valence-electron chi connectivity index (χ0n) is 16.7. The molecule has 2 N–H and O–H groups in total. The van der Waals surface area contributed by atoms with Crippen LogP contribution < -0.4 is 14.8 Å². The van der Waals surface area contributed by atoms with Gasteiger partial charge in [-0.2, -0.15) is 0 Å². The molecule has 0 amide bonds. The van der Waals surface area contributed by atoms with Gasteiger partial charge in [-0.15, -0.1) is 0 Å². The molecule has 0 fully saturated rings. The van der Waals surface area contributed by atoms with Gasteiger partial charge in [-0.1, -0.05) is 0 Å². The van der Waals surface area contributed by atoms with E-state index in [1.807, 2.05) is 37.9 Å². The molecule has 2 rings (SSSR count). The van der Waals surface area contributed by atoms with Crippen molar-refractivity contribution in [2.45, 2.75) is 26.5 Å². The summed E-state index contributed by atoms with van der Waals surface area (Å²) in [5, 5.41) is 13.4. The fourth-order valence-electron chi connectivity index (χ4n) is 2.74. The van der Waals surface area contributed by atoms with Crippen LogP contribution in [0.3, 0.4) is 0 Å². The minimum atomic E-state index is -0.773. The summed E-state index contributed by atoms with van der Waals surface area (Å²) in [4.78, 5) is 6.54. The number of aliphatic hydroxyl groups excluding tert-OH is 1. The Morgan fingerprint density at radius 1 is 1.30 bits per heavy atom. The third-order valence-corrected chi connectivity index (χ3v) is 4.23. The van der Waals surface area contributed by atoms with E-state index >= 15 is 0 Å². The lowest BCUT2D eigenvalue weighted by molar-refractivity contribution is 0.158. The van der Waals surface area contributed by atoms with Crippen LogP contribution in [0, 0.1) is 6.92 Å². The van der Waals surface area contributed by atoms with Gasteiger partial charge in [0.05, 0.1) is 27.0 Å². The lowest BCUT2D eigenvalue weighted by Crippen LogP contribution is -2.39. The molecule has 0 bridgehead atoms. The highest BCUT2D eigenvalue weighted by Gasteiger charge is 2.14. The Balaban J connectivity index is 2.14. The van der Waals surface area contributed by atoms with Gasteiger partial charge >= 0.3 is 0 Å². The third kappa shape index (κ3) is 5.40. The fraction of sp³-hybridized carbons (Fsp3) is 0.450. The highest BCUT2D eigenvalue weighted by Crippen LogP contribution is 2.30. The van der Waals surface area contributed by atoms with E-state index in [1.165, 1.54) is 0 Å². The first kappa shape index (κ1) is 20.6. The summed E-state index contributed by atoms with van der Waals surface area (Å²) in [6.45, 7) is 5.62. The first-order valence-electron chi connectivity index (χ1n) is 8.92. The van der Waals surface area contributed by atoms with Gasteiger partial charge < -0.3 is 29.2 Å². The molecule has 1 aromatic carbocycles. The zero-order chi connectivity index (χ0) is 19.8. The van der Waals surface area contributed by atoms with E-state index in [0.717, 1.165) is 17.7 Å². The Morgan fingerprint density at radius 2 is 2.00 bits per heavy atom. The Morgan fingerprint density at radius 3 is 2.59 bits per heavy atom. The van der Waals surface area contributed by atoms with Crippen LogP contribution in [-0.4, -0.2) is 50.3 Å². The normalized spacial score (nSPS) is 12.6. The number of aliphatic imine (C=N–C) groups is 1. The zero-order valence-corrected chi connectivity index (χ0v) is 16.7. The largest absolute Gasteiger partial charge is 0.493 e. The van der Waals surface area contributed by atoms with E-state index in [9.17, 15) is 5.11 Å². The fourth-order valence-corrected chi connectivity index (χ4v) is 2.74. The molecule has 27 heavy (non-hydrogen) atoms. The van der Waals surface area contributed by atoms with E-state index in [1.54, 1.807) is 32.6 Å². The van der Waals surface area contributed by atoms with Crippen molar-refractivity contribution < 1.29 is 19.0 Å². The Labute approximate surface area is 160 Å². The average molecular weight is 375 g/mol. The number of hydrogen-bond donors (Lipinski definition) is 2. The second-order valence-corrected chi connectivity index (χ2v) is 6.22. The molecule has 0 saturated heterocycles. The molecule has 0 aliphatic rings. The number of benzene rings is 1. The predicted molar refractivity (Wildman–Crippen MR) is 105 cm³/mol. The molecular weight excluding hydrogens is 346 g/mol. The predicted octanol–water partition coefficient (Wildman–Crippen LogP) is 2.74. The average Bonchev–Trinajstić information content (AvgIpc) is 3.20. The van der Waals surface area contributed by atoms with Crippen molar-refractivity contribution in [3.8, 4) is 11.5 Å². The molecule has 2 aromatic rings. The quantitative estimate of drug-likeness (QED) is 0.546. The molecule has 0 spiro atoms. The van der Waals surface area contributed by atoms with Gasteiger partial charge in [0.2, 0.25) is 0 Å². The first-order chi connectivity index (χ1) is 13.0. The van der Waals surface area contributed by atoms with Crippen molar-refractivity contribution in [3.05, 3.63) is 47.4 Å². The van der Waals surface area contributed by atoms with E-state index < -0.39 is 6.10 Å². The van der Waals surface area contributed by atoms with Crippen LogP contribution in [-0.2, 0) is 6.54 Å². The molecule has 1 aromatic heterocycles. The SMILES string of the molecule is CCNC(=NCC(O)c1ccco1)N(C)Cc1cc(OC)c(OC)cc1C. The number of ether oxygens (including phenoxy) is 2. The Kier molecular flexibility index (Phi) is 7.55. The summed E-state index contributed by atoms with van der Waals surface area (Å²) in [7, 11) is 5.21. The standard InChI is InChI=1S/C20H29N3O4/c1-6-21-20(22-12-16(24)17-8-7-9-27-17)23(3)13-15-11-19(26-5)18(25-4)10-14(15)2/h7-11,16,24H,6,12-13H2,1-5H3,(H,21,22). The maximum Gasteiger partial charge on any atom is 0.194 e. The van der Waals surface area contributed by atoms with E-state index in [2.05, 4.69) is 10.3 Å². The number of aryl methyl sites for hydroxylation is 1. The molecule has 7 nitrogen and oxygen atoms in total. The molecule has 0 aliphatic carbocycles. The maximum absolute atomic E-state index is 10.2. The van der Waals surface area contributed by atoms with Gasteiger partial charge in [0, 0.05) is 20.1 Å². The second kappa shape index (κ2) is 9.87. The van der Waals surface area contributed by atoms with Crippen molar-refractivity contribution in [1.82, 2.24) is 10.2 Å². The van der Waals surface area contributed by atoms with Gasteiger partial charge in [0.25, 0.3) is 0 Å². The molecule has 0 radical (unpaired) electrons. The highest BCUT2D eigenvalue weighted by atomic mass is 16.5. The van der Waals surface area contributed by atoms with Crippen LogP contribution >= 0.6 is 0 Å². The first-order valence-corrected chi connectivity index (χ1v) is 8.92. The van der Waals surface area contributed by atoms with Crippen LogP contribution in [0.4, 0.5) is 0 Å². The van der Waals surface area contributed by atoms with E-state index in [4.69, 9.17) is 13.9 Å². The number of rotatable bonds is 8. The molecule has 1 unspecified atom stereocenters. The van der Waals surface area contributed by atoms with Gasteiger partial charge in [-0.3, -0.25) is 0 Å². The van der Waals surface area contributed by atoms with Crippen molar-refractivity contribution >= 4 is 5.96 Å². The number of furan rings is 1. The van der Waals surface area contributed by atoms with Gasteiger partial charge in [0.1, 0.15) is 11.9 Å². The second-order valence-electron chi connectivity index (χ2n) is 6.22. The summed E-state index contributed by atoms with van der Waals surface area (Å²) in [6, 6.07) is 7.43. The summed E-state index contributed by atoms with van der Waals surface area (Å²) in [6.07, 6.45) is 0.768. The molecule has 0 saturated carbocycles. The molecule has 148 valence electrons. The smallest absolute Gasteiger partial charge is 0.194 e. The van der Waals surface area contributed by atoms with Crippen LogP contribution in [0.2, 0.25) is 0 Å². The van der Waals surface area contributed by atoms with Crippen molar-refractivity contribution in [2.75, 3.05) is 34.4 Å². The molecule has 7 heteroatoms. The van der Waals surface area contributed by atoms with E-state index in [-0.39, 0.29) is 6.54 Å². The van der Waals surface area contributed by atoms with Crippen molar-refractivity contribution in [3.63, 3.8) is 0 Å². The maximum atomic E-state index is 10.2. The van der Waals surface area contributed by atoms with Crippen LogP contribution in [0.1, 0.15) is 29.9 Å². The molecule has 1 atom stereocenters. The van der Waals surface area contributed by atoms with Crippen molar-refractivity contribution in [2.24, 2.45) is 4.99 Å². The number of methoxy groups -OCH3 is 2.